The zero-order chi connectivity index (χ0) is 16.1. The summed E-state index contributed by atoms with van der Waals surface area (Å²) < 4.78 is 0. The van der Waals surface area contributed by atoms with Crippen molar-refractivity contribution >= 4 is 46.4 Å². The van der Waals surface area contributed by atoms with Crippen LogP contribution >= 0.6 is 34.8 Å². The third kappa shape index (κ3) is 4.89. The van der Waals surface area contributed by atoms with Gasteiger partial charge in [-0.15, -0.1) is 0 Å². The molecule has 0 heterocycles. The van der Waals surface area contributed by atoms with Gasteiger partial charge in [0.15, 0.2) is 0 Å². The number of anilines is 1. The Balaban J connectivity index is 1.90. The maximum atomic E-state index is 12.0. The van der Waals surface area contributed by atoms with E-state index < -0.39 is 0 Å². The highest BCUT2D eigenvalue weighted by molar-refractivity contribution is 6.36. The molecule has 1 amide bonds. The molecule has 0 saturated carbocycles. The number of rotatable bonds is 5. The molecular weight excluding hydrogens is 343 g/mol. The van der Waals surface area contributed by atoms with E-state index in [0.29, 0.717) is 20.8 Å². The van der Waals surface area contributed by atoms with Gasteiger partial charge in [0.2, 0.25) is 5.91 Å². The van der Waals surface area contributed by atoms with Crippen LogP contribution in [0.5, 0.6) is 0 Å². The largest absolute Gasteiger partial charge is 0.324 e. The van der Waals surface area contributed by atoms with E-state index in [1.54, 1.807) is 18.2 Å². The Labute approximate surface area is 144 Å². The van der Waals surface area contributed by atoms with Crippen LogP contribution in [0.2, 0.25) is 15.1 Å². The Kier molecular flexibility index (Phi) is 6.09. The third-order valence-electron chi connectivity index (χ3n) is 3.12. The molecule has 2 rings (SSSR count). The number of nitrogens with one attached hydrogen (secondary N) is 2. The van der Waals surface area contributed by atoms with Crippen molar-refractivity contribution in [3.8, 4) is 0 Å². The first-order valence-corrected chi connectivity index (χ1v) is 7.83. The molecule has 2 N–H and O–H groups in total. The zero-order valence-corrected chi connectivity index (χ0v) is 14.1. The van der Waals surface area contributed by atoms with Gasteiger partial charge in [-0.1, -0.05) is 46.9 Å². The fraction of sp³-hybridized carbons (Fsp3) is 0.188. The fourth-order valence-corrected chi connectivity index (χ4v) is 2.58. The SMILES string of the molecule is C[C@@H](NCC(=O)Nc1ccc(Cl)cc1Cl)c1cccc(Cl)c1. The minimum absolute atomic E-state index is 0.00476. The predicted octanol–water partition coefficient (Wildman–Crippen LogP) is 4.94. The Morgan fingerprint density at radius 1 is 1.09 bits per heavy atom. The summed E-state index contributed by atoms with van der Waals surface area (Å²) in [5.41, 5.74) is 1.55. The monoisotopic (exact) mass is 356 g/mol. The van der Waals surface area contributed by atoms with Crippen molar-refractivity contribution in [3.05, 3.63) is 63.1 Å². The summed E-state index contributed by atoms with van der Waals surface area (Å²) >= 11 is 17.8. The molecule has 0 aromatic heterocycles. The number of carbonyl (C=O) groups is 1. The van der Waals surface area contributed by atoms with Crippen molar-refractivity contribution in [1.82, 2.24) is 5.32 Å². The molecule has 2 aromatic rings. The van der Waals surface area contributed by atoms with Crippen molar-refractivity contribution in [2.24, 2.45) is 0 Å². The highest BCUT2D eigenvalue weighted by atomic mass is 35.5. The van der Waals surface area contributed by atoms with Crippen molar-refractivity contribution in [2.45, 2.75) is 13.0 Å². The Bertz CT molecular complexity index is 676. The summed E-state index contributed by atoms with van der Waals surface area (Å²) in [6, 6.07) is 12.4. The molecule has 0 bridgehead atoms. The standard InChI is InChI=1S/C16H15Cl3N2O/c1-10(11-3-2-4-12(17)7-11)20-9-16(22)21-15-6-5-13(18)8-14(15)19/h2-8,10,20H,9H2,1H3,(H,21,22)/t10-/m1/s1. The van der Waals surface area contributed by atoms with Crippen LogP contribution in [0.15, 0.2) is 42.5 Å². The second kappa shape index (κ2) is 7.84. The molecule has 0 unspecified atom stereocenters. The van der Waals surface area contributed by atoms with Gasteiger partial charge in [0.1, 0.15) is 0 Å². The molecule has 0 fully saturated rings. The lowest BCUT2D eigenvalue weighted by Crippen LogP contribution is -2.30. The van der Waals surface area contributed by atoms with Gasteiger partial charge >= 0.3 is 0 Å². The Morgan fingerprint density at radius 3 is 2.50 bits per heavy atom. The summed E-state index contributed by atoms with van der Waals surface area (Å²) in [5.74, 6) is -0.182. The first-order chi connectivity index (χ1) is 10.5. The number of benzene rings is 2. The van der Waals surface area contributed by atoms with Crippen LogP contribution in [0.4, 0.5) is 5.69 Å². The molecule has 0 aliphatic rings. The number of carbonyl (C=O) groups excluding carboxylic acids is 1. The maximum absolute atomic E-state index is 12.0. The average Bonchev–Trinajstić information content (AvgIpc) is 2.47. The Morgan fingerprint density at radius 2 is 1.82 bits per heavy atom. The number of hydrogen-bond donors (Lipinski definition) is 2. The van der Waals surface area contributed by atoms with Crippen LogP contribution in [-0.4, -0.2) is 12.5 Å². The minimum Gasteiger partial charge on any atom is -0.324 e. The van der Waals surface area contributed by atoms with E-state index in [4.69, 9.17) is 34.8 Å². The van der Waals surface area contributed by atoms with Gasteiger partial charge in [0, 0.05) is 16.1 Å². The molecule has 116 valence electrons. The van der Waals surface area contributed by atoms with Crippen LogP contribution in [0, 0.1) is 0 Å². The normalized spacial score (nSPS) is 12.0. The van der Waals surface area contributed by atoms with E-state index in [1.165, 1.54) is 0 Å². The summed E-state index contributed by atoms with van der Waals surface area (Å²) in [4.78, 5) is 12.0. The molecule has 2 aromatic carbocycles. The molecule has 0 saturated heterocycles. The second-order valence-corrected chi connectivity index (χ2v) is 6.11. The van der Waals surface area contributed by atoms with Gasteiger partial charge in [-0.3, -0.25) is 4.79 Å². The number of hydrogen-bond acceptors (Lipinski definition) is 2. The van der Waals surface area contributed by atoms with Gasteiger partial charge in [-0.25, -0.2) is 0 Å². The van der Waals surface area contributed by atoms with E-state index in [1.807, 2.05) is 31.2 Å². The summed E-state index contributed by atoms with van der Waals surface area (Å²) in [5, 5.41) is 7.47. The smallest absolute Gasteiger partial charge is 0.238 e. The number of amides is 1. The predicted molar refractivity (Wildman–Crippen MR) is 93.0 cm³/mol. The summed E-state index contributed by atoms with van der Waals surface area (Å²) in [7, 11) is 0. The van der Waals surface area contributed by atoms with Gasteiger partial charge in [0.25, 0.3) is 0 Å². The van der Waals surface area contributed by atoms with Crippen LogP contribution in [0.1, 0.15) is 18.5 Å². The summed E-state index contributed by atoms with van der Waals surface area (Å²) in [6.45, 7) is 2.13. The Hall–Kier alpha value is -1.26. The van der Waals surface area contributed by atoms with Crippen molar-refractivity contribution in [2.75, 3.05) is 11.9 Å². The highest BCUT2D eigenvalue weighted by Gasteiger charge is 2.10. The average molecular weight is 358 g/mol. The van der Waals surface area contributed by atoms with E-state index in [0.717, 1.165) is 5.56 Å². The molecule has 3 nitrogen and oxygen atoms in total. The van der Waals surface area contributed by atoms with Crippen LogP contribution < -0.4 is 10.6 Å². The molecular formula is C16H15Cl3N2O. The molecule has 6 heteroatoms. The molecule has 0 radical (unpaired) electrons. The van der Waals surface area contributed by atoms with Crippen LogP contribution in [0.3, 0.4) is 0 Å². The zero-order valence-electron chi connectivity index (χ0n) is 11.9. The van der Waals surface area contributed by atoms with E-state index in [2.05, 4.69) is 10.6 Å². The molecule has 22 heavy (non-hydrogen) atoms. The van der Waals surface area contributed by atoms with Crippen molar-refractivity contribution < 1.29 is 4.79 Å². The molecule has 0 spiro atoms. The third-order valence-corrected chi connectivity index (χ3v) is 3.91. The lowest BCUT2D eigenvalue weighted by molar-refractivity contribution is -0.115. The van der Waals surface area contributed by atoms with E-state index in [-0.39, 0.29) is 18.5 Å². The van der Waals surface area contributed by atoms with Crippen LogP contribution in [-0.2, 0) is 4.79 Å². The fourth-order valence-electron chi connectivity index (χ4n) is 1.92. The van der Waals surface area contributed by atoms with Gasteiger partial charge < -0.3 is 10.6 Å². The summed E-state index contributed by atoms with van der Waals surface area (Å²) in [6.07, 6.45) is 0. The van der Waals surface area contributed by atoms with Gasteiger partial charge in [-0.2, -0.15) is 0 Å². The maximum Gasteiger partial charge on any atom is 0.238 e. The lowest BCUT2D eigenvalue weighted by atomic mass is 10.1. The minimum atomic E-state index is -0.182. The first kappa shape index (κ1) is 17.1. The van der Waals surface area contributed by atoms with Crippen molar-refractivity contribution in [3.63, 3.8) is 0 Å². The van der Waals surface area contributed by atoms with Gasteiger partial charge in [-0.05, 0) is 42.8 Å². The van der Waals surface area contributed by atoms with Crippen molar-refractivity contribution in [1.29, 1.82) is 0 Å². The second-order valence-electron chi connectivity index (χ2n) is 4.83. The number of halogens is 3. The lowest BCUT2D eigenvalue weighted by Gasteiger charge is -2.15. The highest BCUT2D eigenvalue weighted by Crippen LogP contribution is 2.25. The van der Waals surface area contributed by atoms with E-state index in [9.17, 15) is 4.79 Å². The topological polar surface area (TPSA) is 41.1 Å². The van der Waals surface area contributed by atoms with Crippen LogP contribution in [0.25, 0.3) is 0 Å². The molecule has 0 aliphatic carbocycles. The quantitative estimate of drug-likeness (QED) is 0.796. The first-order valence-electron chi connectivity index (χ1n) is 6.69. The molecule has 0 aliphatic heterocycles. The van der Waals surface area contributed by atoms with Gasteiger partial charge in [0.05, 0.1) is 17.3 Å². The van der Waals surface area contributed by atoms with E-state index >= 15 is 0 Å². The molecule has 1 atom stereocenters.